The maximum absolute atomic E-state index is 12.2. The van der Waals surface area contributed by atoms with Gasteiger partial charge >= 0.3 is 11.7 Å². The molecule has 2 rings (SSSR count). The number of aliphatic carboxylic acids is 1. The molecule has 1 aromatic heterocycles. The summed E-state index contributed by atoms with van der Waals surface area (Å²) in [6, 6.07) is 7.43. The average Bonchev–Trinajstić information content (AvgIpc) is 2.91. The van der Waals surface area contributed by atoms with Crippen LogP contribution in [0.2, 0.25) is 18.1 Å². The molecule has 7 nitrogen and oxygen atoms in total. The van der Waals surface area contributed by atoms with Crippen molar-refractivity contribution in [1.29, 1.82) is 0 Å². The number of hydrogen-bond donors (Lipinski definition) is 2. The number of carboxylic acids is 1. The Bertz CT molecular complexity index is 832. The molecule has 148 valence electrons. The minimum Gasteiger partial charge on any atom is -0.480 e. The highest BCUT2D eigenvalue weighted by Gasteiger charge is 2.36. The van der Waals surface area contributed by atoms with Gasteiger partial charge in [-0.05, 0) is 42.4 Å². The van der Waals surface area contributed by atoms with E-state index in [2.05, 4.69) is 39.2 Å². The first-order valence-electron chi connectivity index (χ1n) is 8.99. The number of benzene rings is 1. The van der Waals surface area contributed by atoms with Crippen molar-refractivity contribution >= 4 is 20.0 Å². The Kier molecular flexibility index (Phi) is 6.33. The van der Waals surface area contributed by atoms with Gasteiger partial charge in [0.2, 0.25) is 0 Å². The lowest BCUT2D eigenvalue weighted by molar-refractivity contribution is -0.137. The molecule has 0 aliphatic rings. The van der Waals surface area contributed by atoms with Crippen LogP contribution in [-0.2, 0) is 15.8 Å². The van der Waals surface area contributed by atoms with E-state index < -0.39 is 14.3 Å². The van der Waals surface area contributed by atoms with Crippen LogP contribution >= 0.6 is 0 Å². The number of anilines is 1. The molecule has 0 bridgehead atoms. The topological polar surface area (TPSA) is 85.5 Å². The minimum absolute atomic E-state index is 0.193. The first-order valence-corrected chi connectivity index (χ1v) is 11.9. The van der Waals surface area contributed by atoms with Gasteiger partial charge in [0.1, 0.15) is 6.54 Å². The summed E-state index contributed by atoms with van der Waals surface area (Å²) in [6.45, 7) is 12.1. The largest absolute Gasteiger partial charge is 0.480 e. The number of aromatic nitrogens is 2. The Balaban J connectivity index is 1.94. The predicted octanol–water partition coefficient (Wildman–Crippen LogP) is 3.16. The number of carboxylic acid groups (broad SMARTS) is 1. The Morgan fingerprint density at radius 1 is 1.19 bits per heavy atom. The van der Waals surface area contributed by atoms with E-state index in [1.54, 1.807) is 6.20 Å². The van der Waals surface area contributed by atoms with E-state index in [1.807, 2.05) is 24.3 Å². The van der Waals surface area contributed by atoms with Crippen LogP contribution in [0, 0.1) is 0 Å². The summed E-state index contributed by atoms with van der Waals surface area (Å²) < 4.78 is 8.72. The van der Waals surface area contributed by atoms with Gasteiger partial charge in [0.15, 0.2) is 8.32 Å². The SMILES string of the molecule is CC(C)(C)[Si](C)(C)OCCNc1ccc(-n2ccn(CC(=O)O)c2=O)cc1. The van der Waals surface area contributed by atoms with E-state index in [0.717, 1.165) is 10.3 Å². The lowest BCUT2D eigenvalue weighted by Gasteiger charge is -2.36. The summed E-state index contributed by atoms with van der Waals surface area (Å²) in [5.74, 6) is -1.05. The lowest BCUT2D eigenvalue weighted by Crippen LogP contribution is -2.41. The Morgan fingerprint density at radius 3 is 2.37 bits per heavy atom. The van der Waals surface area contributed by atoms with Crippen LogP contribution < -0.4 is 11.0 Å². The first kappa shape index (κ1) is 21.0. The molecule has 1 heterocycles. The van der Waals surface area contributed by atoms with Gasteiger partial charge in [0, 0.05) is 24.6 Å². The first-order chi connectivity index (χ1) is 12.5. The summed E-state index contributed by atoms with van der Waals surface area (Å²) in [6.07, 6.45) is 3.04. The van der Waals surface area contributed by atoms with Crippen molar-refractivity contribution in [3.63, 3.8) is 0 Å². The van der Waals surface area contributed by atoms with Crippen molar-refractivity contribution in [3.8, 4) is 5.69 Å². The van der Waals surface area contributed by atoms with Gasteiger partial charge in [-0.1, -0.05) is 20.8 Å². The molecule has 0 unspecified atom stereocenters. The Hall–Kier alpha value is -2.32. The van der Waals surface area contributed by atoms with Crippen LogP contribution in [0.3, 0.4) is 0 Å². The van der Waals surface area contributed by atoms with Crippen LogP contribution in [0.5, 0.6) is 0 Å². The number of rotatable bonds is 8. The summed E-state index contributed by atoms with van der Waals surface area (Å²) in [5.41, 5.74) is 1.25. The second kappa shape index (κ2) is 8.14. The molecule has 0 spiro atoms. The minimum atomic E-state index is -1.73. The average molecular weight is 392 g/mol. The van der Waals surface area contributed by atoms with Crippen LogP contribution in [0.1, 0.15) is 20.8 Å². The fourth-order valence-electron chi connectivity index (χ4n) is 2.33. The molecule has 0 saturated carbocycles. The third-order valence-corrected chi connectivity index (χ3v) is 9.54. The molecule has 2 aromatic rings. The summed E-state index contributed by atoms with van der Waals surface area (Å²) in [7, 11) is -1.73. The van der Waals surface area contributed by atoms with Crippen LogP contribution in [0.25, 0.3) is 5.69 Å². The van der Waals surface area contributed by atoms with Gasteiger partial charge in [-0.2, -0.15) is 0 Å². The number of nitrogens with one attached hydrogen (secondary N) is 1. The molecule has 0 aliphatic heterocycles. The standard InChI is InChI=1S/C19H29N3O4Si/c1-19(2,3)27(4,5)26-13-10-20-15-6-8-16(9-7-15)22-12-11-21(18(22)25)14-17(23)24/h6-9,11-12,20H,10,13-14H2,1-5H3,(H,23,24). The third kappa shape index (κ3) is 5.33. The molecule has 2 N–H and O–H groups in total. The van der Waals surface area contributed by atoms with E-state index in [4.69, 9.17) is 9.53 Å². The molecular formula is C19H29N3O4Si. The molecule has 8 heteroatoms. The zero-order valence-corrected chi connectivity index (χ0v) is 17.7. The monoisotopic (exact) mass is 391 g/mol. The van der Waals surface area contributed by atoms with Crippen LogP contribution in [0.15, 0.2) is 41.5 Å². The molecule has 1 aromatic carbocycles. The highest BCUT2D eigenvalue weighted by atomic mass is 28.4. The van der Waals surface area contributed by atoms with Crippen molar-refractivity contribution in [3.05, 3.63) is 47.1 Å². The van der Waals surface area contributed by atoms with Gasteiger partial charge in [0.05, 0.1) is 12.3 Å². The van der Waals surface area contributed by atoms with E-state index in [0.29, 0.717) is 18.8 Å². The maximum Gasteiger partial charge on any atom is 0.333 e. The number of carbonyl (C=O) groups is 1. The summed E-state index contributed by atoms with van der Waals surface area (Å²) in [5, 5.41) is 12.3. The van der Waals surface area contributed by atoms with Gasteiger partial charge in [-0.3, -0.25) is 13.9 Å². The van der Waals surface area contributed by atoms with Crippen molar-refractivity contribution in [2.75, 3.05) is 18.5 Å². The molecule has 0 atom stereocenters. The Labute approximate surface area is 160 Å². The van der Waals surface area contributed by atoms with Gasteiger partial charge < -0.3 is 14.8 Å². The molecule has 0 amide bonds. The van der Waals surface area contributed by atoms with E-state index in [9.17, 15) is 9.59 Å². The Morgan fingerprint density at radius 2 is 1.81 bits per heavy atom. The quantitative estimate of drug-likeness (QED) is 0.533. The third-order valence-electron chi connectivity index (χ3n) is 5.00. The number of hydrogen-bond acceptors (Lipinski definition) is 4. The molecule has 0 fully saturated rings. The van der Waals surface area contributed by atoms with Crippen LogP contribution in [0.4, 0.5) is 5.69 Å². The van der Waals surface area contributed by atoms with Gasteiger partial charge in [-0.15, -0.1) is 0 Å². The molecule has 0 radical (unpaired) electrons. The second-order valence-electron chi connectivity index (χ2n) is 8.05. The maximum atomic E-state index is 12.2. The molecule has 27 heavy (non-hydrogen) atoms. The van der Waals surface area contributed by atoms with Crippen molar-refractivity contribution in [2.45, 2.75) is 45.4 Å². The van der Waals surface area contributed by atoms with Gasteiger partial charge in [0.25, 0.3) is 0 Å². The smallest absolute Gasteiger partial charge is 0.333 e. The fraction of sp³-hybridized carbons (Fsp3) is 0.474. The summed E-state index contributed by atoms with van der Waals surface area (Å²) >= 11 is 0. The number of nitrogens with zero attached hydrogens (tertiary/aromatic N) is 2. The second-order valence-corrected chi connectivity index (χ2v) is 12.9. The molecule has 0 saturated heterocycles. The van der Waals surface area contributed by atoms with E-state index in [1.165, 1.54) is 10.8 Å². The molecule has 0 aliphatic carbocycles. The van der Waals surface area contributed by atoms with Crippen molar-refractivity contribution in [2.24, 2.45) is 0 Å². The fourth-order valence-corrected chi connectivity index (χ4v) is 3.38. The number of imidazole rings is 1. The zero-order chi connectivity index (χ0) is 20.2. The normalized spacial score (nSPS) is 12.2. The van der Waals surface area contributed by atoms with Crippen molar-refractivity contribution in [1.82, 2.24) is 9.13 Å². The highest BCUT2D eigenvalue weighted by molar-refractivity contribution is 6.74. The van der Waals surface area contributed by atoms with Crippen LogP contribution in [-0.4, -0.2) is 41.7 Å². The molecular weight excluding hydrogens is 362 g/mol. The lowest BCUT2D eigenvalue weighted by atomic mass is 10.2. The zero-order valence-electron chi connectivity index (χ0n) is 16.7. The van der Waals surface area contributed by atoms with E-state index in [-0.39, 0.29) is 17.3 Å². The van der Waals surface area contributed by atoms with Gasteiger partial charge in [-0.25, -0.2) is 4.79 Å². The predicted molar refractivity (Wildman–Crippen MR) is 109 cm³/mol. The van der Waals surface area contributed by atoms with E-state index >= 15 is 0 Å². The summed E-state index contributed by atoms with van der Waals surface area (Å²) in [4.78, 5) is 23.0. The van der Waals surface area contributed by atoms with Crippen molar-refractivity contribution < 1.29 is 14.3 Å². The highest BCUT2D eigenvalue weighted by Crippen LogP contribution is 2.36.